The fourth-order valence-corrected chi connectivity index (χ4v) is 4.79. The summed E-state index contributed by atoms with van der Waals surface area (Å²) in [6.45, 7) is 5.58. The molecule has 3 aromatic carbocycles. The third-order valence-corrected chi connectivity index (χ3v) is 6.48. The summed E-state index contributed by atoms with van der Waals surface area (Å²) < 4.78 is 20.0. The molecular formula is C28H26N2O4S. The highest BCUT2D eigenvalue weighted by Crippen LogP contribution is 2.29. The zero-order valence-corrected chi connectivity index (χ0v) is 20.5. The second-order valence-corrected chi connectivity index (χ2v) is 9.32. The maximum atomic E-state index is 13.1. The smallest absolute Gasteiger partial charge is 0.274 e. The molecule has 7 heteroatoms. The van der Waals surface area contributed by atoms with Gasteiger partial charge in [-0.25, -0.2) is 9.38 Å². The summed E-state index contributed by atoms with van der Waals surface area (Å²) in [7, 11) is 0. The summed E-state index contributed by atoms with van der Waals surface area (Å²) in [5.41, 5.74) is 2.45. The molecule has 0 N–H and O–H groups in total. The molecule has 2 heterocycles. The van der Waals surface area contributed by atoms with Gasteiger partial charge in [0, 0.05) is 5.92 Å². The molecular weight excluding hydrogens is 460 g/mol. The number of hydrogen-bond donors (Lipinski definition) is 0. The van der Waals surface area contributed by atoms with Crippen LogP contribution in [0.5, 0.6) is 17.2 Å². The van der Waals surface area contributed by atoms with E-state index in [1.54, 1.807) is 4.40 Å². The lowest BCUT2D eigenvalue weighted by atomic mass is 10.2. The molecule has 0 radical (unpaired) electrons. The van der Waals surface area contributed by atoms with Crippen molar-refractivity contribution in [2.24, 2.45) is 5.92 Å². The van der Waals surface area contributed by atoms with Crippen LogP contribution in [-0.4, -0.2) is 29.2 Å². The molecule has 0 fully saturated rings. The third-order valence-electron chi connectivity index (χ3n) is 5.51. The molecule has 0 spiro atoms. The van der Waals surface area contributed by atoms with Gasteiger partial charge in [0.1, 0.15) is 5.75 Å². The first-order valence-electron chi connectivity index (χ1n) is 11.6. The highest BCUT2D eigenvalue weighted by atomic mass is 32.1. The number of hydrogen-bond acceptors (Lipinski definition) is 6. The van der Waals surface area contributed by atoms with Gasteiger partial charge < -0.3 is 14.2 Å². The van der Waals surface area contributed by atoms with Crippen LogP contribution in [0, 0.1) is 5.92 Å². The number of fused-ring (bicyclic) bond motifs is 3. The zero-order valence-electron chi connectivity index (χ0n) is 19.6. The van der Waals surface area contributed by atoms with Gasteiger partial charge in [-0.05, 0) is 55.0 Å². The summed E-state index contributed by atoms with van der Waals surface area (Å²) in [5, 5.41) is 0. The van der Waals surface area contributed by atoms with Crippen LogP contribution in [0.4, 0.5) is 0 Å². The minimum absolute atomic E-state index is 0.0655. The van der Waals surface area contributed by atoms with Crippen LogP contribution in [-0.2, 0) is 0 Å². The van der Waals surface area contributed by atoms with Crippen LogP contribution in [0.3, 0.4) is 0 Å². The summed E-state index contributed by atoms with van der Waals surface area (Å²) in [4.78, 5) is 18.3. The molecule has 0 saturated heterocycles. The Hall–Kier alpha value is -3.84. The number of rotatable bonds is 9. The molecule has 0 aliphatic heterocycles. The Morgan fingerprint density at radius 2 is 1.71 bits per heavy atom. The molecule has 35 heavy (non-hydrogen) atoms. The van der Waals surface area contributed by atoms with E-state index in [9.17, 15) is 4.79 Å². The summed E-state index contributed by atoms with van der Waals surface area (Å²) >= 11 is 1.38. The van der Waals surface area contributed by atoms with Crippen molar-refractivity contribution >= 4 is 33.4 Å². The quantitative estimate of drug-likeness (QED) is 0.295. The number of benzene rings is 3. The maximum absolute atomic E-state index is 13.1. The van der Waals surface area contributed by atoms with Crippen LogP contribution < -0.4 is 24.3 Å². The molecule has 178 valence electrons. The SMILES string of the molecule is CCOc1cc(C=c2sc3nc4ccccc4n3c2=O)ccc1OC[C@H](C)COc1ccccc1. The predicted octanol–water partition coefficient (Wildman–Crippen LogP) is 4.95. The third kappa shape index (κ3) is 5.00. The Labute approximate surface area is 207 Å². The van der Waals surface area contributed by atoms with Crippen molar-refractivity contribution in [1.29, 1.82) is 0 Å². The van der Waals surface area contributed by atoms with Gasteiger partial charge in [-0.2, -0.15) is 0 Å². The average Bonchev–Trinajstić information content (AvgIpc) is 3.39. The Morgan fingerprint density at radius 1 is 0.943 bits per heavy atom. The van der Waals surface area contributed by atoms with Crippen LogP contribution in [0.25, 0.3) is 22.1 Å². The Kier molecular flexibility index (Phi) is 6.68. The van der Waals surface area contributed by atoms with E-state index in [4.69, 9.17) is 14.2 Å². The normalized spacial score (nSPS) is 12.8. The minimum Gasteiger partial charge on any atom is -0.493 e. The number of imidazole rings is 1. The number of thiazole rings is 1. The second-order valence-electron chi connectivity index (χ2n) is 8.31. The summed E-state index contributed by atoms with van der Waals surface area (Å²) in [5.74, 6) is 2.36. The van der Waals surface area contributed by atoms with Gasteiger partial charge >= 0.3 is 0 Å². The lowest BCUT2D eigenvalue weighted by Gasteiger charge is -2.16. The van der Waals surface area contributed by atoms with Crippen molar-refractivity contribution in [3.63, 3.8) is 0 Å². The maximum Gasteiger partial charge on any atom is 0.274 e. The van der Waals surface area contributed by atoms with E-state index < -0.39 is 0 Å². The molecule has 2 aromatic heterocycles. The van der Waals surface area contributed by atoms with E-state index in [0.717, 1.165) is 22.3 Å². The van der Waals surface area contributed by atoms with Crippen LogP contribution in [0.1, 0.15) is 19.4 Å². The molecule has 5 aromatic rings. The van der Waals surface area contributed by atoms with Gasteiger partial charge in [-0.1, -0.05) is 54.7 Å². The van der Waals surface area contributed by atoms with E-state index in [2.05, 4.69) is 11.9 Å². The largest absolute Gasteiger partial charge is 0.493 e. The van der Waals surface area contributed by atoms with Gasteiger partial charge in [0.15, 0.2) is 16.5 Å². The number of aromatic nitrogens is 2. The van der Waals surface area contributed by atoms with Crippen molar-refractivity contribution in [3.8, 4) is 17.2 Å². The fourth-order valence-electron chi connectivity index (χ4n) is 3.80. The number of nitrogens with zero attached hydrogens (tertiary/aromatic N) is 2. The molecule has 0 bridgehead atoms. The number of ether oxygens (including phenoxy) is 3. The highest BCUT2D eigenvalue weighted by molar-refractivity contribution is 7.15. The lowest BCUT2D eigenvalue weighted by molar-refractivity contribution is 0.182. The molecule has 0 saturated carbocycles. The highest BCUT2D eigenvalue weighted by Gasteiger charge is 2.12. The first kappa shape index (κ1) is 22.9. The first-order valence-corrected chi connectivity index (χ1v) is 12.4. The molecule has 5 rings (SSSR count). The van der Waals surface area contributed by atoms with Gasteiger partial charge in [0.05, 0.1) is 35.4 Å². The number of para-hydroxylation sites is 3. The van der Waals surface area contributed by atoms with Crippen molar-refractivity contribution < 1.29 is 14.2 Å². The summed E-state index contributed by atoms with van der Waals surface area (Å²) in [6, 6.07) is 23.2. The van der Waals surface area contributed by atoms with Crippen molar-refractivity contribution in [3.05, 3.63) is 93.2 Å². The van der Waals surface area contributed by atoms with Crippen molar-refractivity contribution in [2.75, 3.05) is 19.8 Å². The van der Waals surface area contributed by atoms with Crippen LogP contribution in [0.15, 0.2) is 77.6 Å². The monoisotopic (exact) mass is 486 g/mol. The summed E-state index contributed by atoms with van der Waals surface area (Å²) in [6.07, 6.45) is 1.87. The predicted molar refractivity (Wildman–Crippen MR) is 140 cm³/mol. The van der Waals surface area contributed by atoms with E-state index >= 15 is 0 Å². The Morgan fingerprint density at radius 3 is 2.54 bits per heavy atom. The fraction of sp³-hybridized carbons (Fsp3) is 0.214. The average molecular weight is 487 g/mol. The van der Waals surface area contributed by atoms with E-state index in [0.29, 0.717) is 40.8 Å². The first-order chi connectivity index (χ1) is 17.1. The van der Waals surface area contributed by atoms with E-state index in [1.807, 2.05) is 85.8 Å². The molecule has 1 atom stereocenters. The Balaban J connectivity index is 1.34. The topological polar surface area (TPSA) is 62.1 Å². The van der Waals surface area contributed by atoms with E-state index in [-0.39, 0.29) is 11.5 Å². The molecule has 0 aliphatic carbocycles. The van der Waals surface area contributed by atoms with E-state index in [1.165, 1.54) is 11.3 Å². The van der Waals surface area contributed by atoms with Crippen LogP contribution in [0.2, 0.25) is 0 Å². The van der Waals surface area contributed by atoms with Crippen LogP contribution >= 0.6 is 11.3 Å². The van der Waals surface area contributed by atoms with Gasteiger partial charge in [0.25, 0.3) is 5.56 Å². The van der Waals surface area contributed by atoms with Crippen molar-refractivity contribution in [2.45, 2.75) is 13.8 Å². The van der Waals surface area contributed by atoms with Gasteiger partial charge in [-0.15, -0.1) is 0 Å². The van der Waals surface area contributed by atoms with Gasteiger partial charge in [0.2, 0.25) is 0 Å². The molecule has 6 nitrogen and oxygen atoms in total. The second kappa shape index (κ2) is 10.2. The zero-order chi connectivity index (χ0) is 24.2. The molecule has 0 unspecified atom stereocenters. The van der Waals surface area contributed by atoms with Gasteiger partial charge in [-0.3, -0.25) is 4.79 Å². The minimum atomic E-state index is -0.0655. The standard InChI is InChI=1S/C28H26N2O4S/c1-3-32-25-15-20(13-14-24(25)34-18-19(2)17-33-21-9-5-4-6-10-21)16-26-27(31)30-23-12-8-7-11-22(23)29-28(30)35-26/h4-16,19H,3,17-18H2,1-2H3/t19-/m1/s1. The molecule has 0 aliphatic rings. The lowest BCUT2D eigenvalue weighted by Crippen LogP contribution is -2.22. The Bertz CT molecular complexity index is 1560. The van der Waals surface area contributed by atoms with Crippen molar-refractivity contribution in [1.82, 2.24) is 9.38 Å². The molecule has 0 amide bonds.